The van der Waals surface area contributed by atoms with Crippen molar-refractivity contribution in [2.45, 2.75) is 19.0 Å². The van der Waals surface area contributed by atoms with Crippen LogP contribution in [0.4, 0.5) is 17.6 Å². The van der Waals surface area contributed by atoms with Gasteiger partial charge in [-0.2, -0.15) is 18.3 Å². The fraction of sp³-hybridized carbons (Fsp3) is 0.250. The van der Waals surface area contributed by atoms with Gasteiger partial charge in [-0.15, -0.1) is 10.2 Å². The first-order chi connectivity index (χ1) is 14.3. The van der Waals surface area contributed by atoms with Crippen LogP contribution in [0.2, 0.25) is 0 Å². The van der Waals surface area contributed by atoms with Gasteiger partial charge in [-0.05, 0) is 37.1 Å². The molecule has 0 bridgehead atoms. The van der Waals surface area contributed by atoms with Crippen LogP contribution < -0.4 is 4.74 Å². The van der Waals surface area contributed by atoms with Crippen molar-refractivity contribution in [1.29, 1.82) is 0 Å². The monoisotopic (exact) mass is 419 g/mol. The average molecular weight is 419 g/mol. The number of ether oxygens (including phenoxy) is 1. The van der Waals surface area contributed by atoms with Gasteiger partial charge in [0, 0.05) is 35.6 Å². The molecule has 0 amide bonds. The van der Waals surface area contributed by atoms with Crippen LogP contribution >= 0.6 is 0 Å². The number of rotatable bonds is 5. The van der Waals surface area contributed by atoms with E-state index in [0.717, 1.165) is 10.4 Å². The summed E-state index contributed by atoms with van der Waals surface area (Å²) in [7, 11) is 2.90. The second-order valence-corrected chi connectivity index (χ2v) is 6.75. The van der Waals surface area contributed by atoms with Crippen molar-refractivity contribution >= 4 is 5.65 Å². The van der Waals surface area contributed by atoms with Gasteiger partial charge in [0.05, 0.1) is 7.11 Å². The maximum absolute atomic E-state index is 14.2. The molecule has 156 valence electrons. The van der Waals surface area contributed by atoms with Crippen LogP contribution in [-0.4, -0.2) is 31.5 Å². The minimum atomic E-state index is -4.60. The lowest BCUT2D eigenvalue weighted by molar-refractivity contribution is -0.140. The van der Waals surface area contributed by atoms with Gasteiger partial charge < -0.3 is 4.74 Å². The largest absolute Gasteiger partial charge is 0.496 e. The van der Waals surface area contributed by atoms with Crippen molar-refractivity contribution in [3.05, 3.63) is 65.6 Å². The third-order valence-corrected chi connectivity index (χ3v) is 4.85. The molecule has 4 aromatic rings. The van der Waals surface area contributed by atoms with E-state index in [1.54, 1.807) is 28.7 Å². The number of pyridine rings is 1. The number of benzene rings is 1. The molecule has 0 saturated heterocycles. The molecule has 0 fully saturated rings. The summed E-state index contributed by atoms with van der Waals surface area (Å²) in [6, 6.07) is 7.85. The molecule has 0 aliphatic carbocycles. The Labute approximate surface area is 168 Å². The molecule has 0 N–H and O–H groups in total. The molecule has 4 rings (SSSR count). The van der Waals surface area contributed by atoms with Gasteiger partial charge >= 0.3 is 6.18 Å². The van der Waals surface area contributed by atoms with Gasteiger partial charge in [-0.1, -0.05) is 6.07 Å². The lowest BCUT2D eigenvalue weighted by Crippen LogP contribution is -2.09. The molecule has 1 aromatic carbocycles. The molecule has 0 spiro atoms. The lowest BCUT2D eigenvalue weighted by Gasteiger charge is -2.12. The van der Waals surface area contributed by atoms with E-state index >= 15 is 0 Å². The Bertz CT molecular complexity index is 1210. The zero-order chi connectivity index (χ0) is 21.5. The number of aryl methyl sites for hydroxylation is 2. The van der Waals surface area contributed by atoms with Gasteiger partial charge in [0.25, 0.3) is 0 Å². The summed E-state index contributed by atoms with van der Waals surface area (Å²) in [5.41, 5.74) is 0.620. The summed E-state index contributed by atoms with van der Waals surface area (Å²) in [6.45, 7) is 0. The van der Waals surface area contributed by atoms with Gasteiger partial charge in [0.15, 0.2) is 11.3 Å². The molecule has 0 atom stereocenters. The summed E-state index contributed by atoms with van der Waals surface area (Å²) in [6.07, 6.45) is -1.13. The highest BCUT2D eigenvalue weighted by Crippen LogP contribution is 2.37. The highest BCUT2D eigenvalue weighted by Gasteiger charge is 2.38. The zero-order valence-electron chi connectivity index (χ0n) is 16.1. The second kappa shape index (κ2) is 7.43. The maximum Gasteiger partial charge on any atom is 0.435 e. The van der Waals surface area contributed by atoms with Crippen molar-refractivity contribution in [3.63, 3.8) is 0 Å². The molecular weight excluding hydrogens is 402 g/mol. The third kappa shape index (κ3) is 3.49. The Morgan fingerprint density at radius 2 is 1.87 bits per heavy atom. The number of hydrogen-bond acceptors (Lipinski definition) is 4. The summed E-state index contributed by atoms with van der Waals surface area (Å²) >= 11 is 0. The Hall–Kier alpha value is -3.43. The van der Waals surface area contributed by atoms with Crippen molar-refractivity contribution in [1.82, 2.24) is 24.4 Å². The summed E-state index contributed by atoms with van der Waals surface area (Å²) in [4.78, 5) is 0. The SMILES string of the molecule is COc1cccc(F)c1CCc1ccc(-c2cn(C)nc2C(F)(F)F)c2nncn12. The number of nitrogens with zero attached hydrogens (tertiary/aromatic N) is 5. The number of alkyl halides is 3. The van der Waals surface area contributed by atoms with E-state index in [4.69, 9.17) is 4.74 Å². The van der Waals surface area contributed by atoms with E-state index in [0.29, 0.717) is 24.2 Å². The normalized spacial score (nSPS) is 11.9. The minimum absolute atomic E-state index is 0.0784. The molecule has 0 unspecified atom stereocenters. The molecule has 30 heavy (non-hydrogen) atoms. The first kappa shape index (κ1) is 19.9. The van der Waals surface area contributed by atoms with E-state index in [9.17, 15) is 17.6 Å². The standard InChI is InChI=1S/C20H17F4N5O/c1-28-10-15(18(27-28)20(22,23)24)13-8-6-12(29-11-25-26-19(13)29)7-9-14-16(21)4-3-5-17(14)30-2/h3-6,8,10-11H,7,9H2,1-2H3. The van der Waals surface area contributed by atoms with Gasteiger partial charge in [-0.25, -0.2) is 4.39 Å². The molecule has 3 heterocycles. The average Bonchev–Trinajstić information content (AvgIpc) is 3.33. The van der Waals surface area contributed by atoms with E-state index < -0.39 is 11.9 Å². The van der Waals surface area contributed by atoms with Gasteiger partial charge in [0.2, 0.25) is 0 Å². The fourth-order valence-corrected chi connectivity index (χ4v) is 3.50. The van der Waals surface area contributed by atoms with Crippen molar-refractivity contribution in [3.8, 4) is 16.9 Å². The van der Waals surface area contributed by atoms with E-state index in [1.807, 2.05) is 0 Å². The van der Waals surface area contributed by atoms with Crippen LogP contribution in [0, 0.1) is 5.82 Å². The van der Waals surface area contributed by atoms with Crippen LogP contribution in [0.25, 0.3) is 16.8 Å². The first-order valence-corrected chi connectivity index (χ1v) is 9.04. The summed E-state index contributed by atoms with van der Waals surface area (Å²) in [5, 5.41) is 11.4. The molecule has 0 aliphatic rings. The van der Waals surface area contributed by atoms with Crippen LogP contribution in [0.5, 0.6) is 5.75 Å². The molecular formula is C20H17F4N5O. The van der Waals surface area contributed by atoms with E-state index in [-0.39, 0.29) is 22.6 Å². The molecule has 0 aliphatic heterocycles. The molecule has 10 heteroatoms. The Morgan fingerprint density at radius 3 is 2.60 bits per heavy atom. The maximum atomic E-state index is 14.2. The van der Waals surface area contributed by atoms with Crippen molar-refractivity contribution in [2.75, 3.05) is 7.11 Å². The number of halogens is 4. The van der Waals surface area contributed by atoms with Crippen LogP contribution in [0.3, 0.4) is 0 Å². The number of hydrogen-bond donors (Lipinski definition) is 0. The highest BCUT2D eigenvalue weighted by molar-refractivity contribution is 5.79. The zero-order valence-corrected chi connectivity index (χ0v) is 16.1. The predicted molar refractivity (Wildman–Crippen MR) is 101 cm³/mol. The molecule has 3 aromatic heterocycles. The first-order valence-electron chi connectivity index (χ1n) is 9.04. The summed E-state index contributed by atoms with van der Waals surface area (Å²) in [5.74, 6) is 0.0629. The number of aromatic nitrogens is 5. The van der Waals surface area contributed by atoms with Crippen LogP contribution in [0.1, 0.15) is 17.0 Å². The van der Waals surface area contributed by atoms with Gasteiger partial charge in [0.1, 0.15) is 17.9 Å². The fourth-order valence-electron chi connectivity index (χ4n) is 3.50. The topological polar surface area (TPSA) is 57.2 Å². The van der Waals surface area contributed by atoms with E-state index in [2.05, 4.69) is 15.3 Å². The van der Waals surface area contributed by atoms with E-state index in [1.165, 1.54) is 32.7 Å². The third-order valence-electron chi connectivity index (χ3n) is 4.85. The van der Waals surface area contributed by atoms with Crippen molar-refractivity contribution in [2.24, 2.45) is 7.05 Å². The molecule has 0 radical (unpaired) electrons. The molecule has 6 nitrogen and oxygen atoms in total. The second-order valence-electron chi connectivity index (χ2n) is 6.75. The predicted octanol–water partition coefficient (Wildman–Crippen LogP) is 4.08. The number of fused-ring (bicyclic) bond motifs is 1. The lowest BCUT2D eigenvalue weighted by atomic mass is 10.0. The highest BCUT2D eigenvalue weighted by atomic mass is 19.4. The Kier molecular flexibility index (Phi) is 4.92. The Morgan fingerprint density at radius 1 is 1.07 bits per heavy atom. The van der Waals surface area contributed by atoms with Gasteiger partial charge in [-0.3, -0.25) is 9.08 Å². The summed E-state index contributed by atoms with van der Waals surface area (Å²) < 4.78 is 62.4. The molecule has 0 saturated carbocycles. The van der Waals surface area contributed by atoms with Crippen molar-refractivity contribution < 1.29 is 22.3 Å². The minimum Gasteiger partial charge on any atom is -0.496 e. The van der Waals surface area contributed by atoms with Crippen LogP contribution in [0.15, 0.2) is 42.9 Å². The number of methoxy groups -OCH3 is 1. The quantitative estimate of drug-likeness (QED) is 0.458. The van der Waals surface area contributed by atoms with Crippen LogP contribution in [-0.2, 0) is 26.1 Å². The Balaban J connectivity index is 1.73. The smallest absolute Gasteiger partial charge is 0.435 e.